The second-order valence-electron chi connectivity index (χ2n) is 4.28. The summed E-state index contributed by atoms with van der Waals surface area (Å²) in [5.41, 5.74) is 0.899. The lowest BCUT2D eigenvalue weighted by molar-refractivity contribution is -0.133. The number of hydrogen-bond acceptors (Lipinski definition) is 5. The SMILES string of the molecule is Cc1ccc(-c2cc(C(=O)NCCSCC(=O)O)n[nH]2)o1. The van der Waals surface area contributed by atoms with E-state index in [-0.39, 0.29) is 17.4 Å². The van der Waals surface area contributed by atoms with Crippen molar-refractivity contribution in [3.05, 3.63) is 29.7 Å². The van der Waals surface area contributed by atoms with Crippen LogP contribution < -0.4 is 5.32 Å². The fraction of sp³-hybridized carbons (Fsp3) is 0.308. The summed E-state index contributed by atoms with van der Waals surface area (Å²) in [5, 5.41) is 17.8. The van der Waals surface area contributed by atoms with Gasteiger partial charge in [0.25, 0.3) is 5.91 Å². The van der Waals surface area contributed by atoms with Gasteiger partial charge in [-0.2, -0.15) is 5.10 Å². The van der Waals surface area contributed by atoms with Gasteiger partial charge in [0, 0.05) is 18.4 Å². The van der Waals surface area contributed by atoms with Crippen LogP contribution in [0.25, 0.3) is 11.5 Å². The molecule has 2 heterocycles. The molecular formula is C13H15N3O4S. The van der Waals surface area contributed by atoms with Crippen LogP contribution in [0.5, 0.6) is 0 Å². The lowest BCUT2D eigenvalue weighted by Crippen LogP contribution is -2.26. The summed E-state index contributed by atoms with van der Waals surface area (Å²) in [7, 11) is 0. The quantitative estimate of drug-likeness (QED) is 0.669. The van der Waals surface area contributed by atoms with Crippen molar-refractivity contribution in [3.8, 4) is 11.5 Å². The molecule has 0 aliphatic carbocycles. The highest BCUT2D eigenvalue weighted by Crippen LogP contribution is 2.20. The average Bonchev–Trinajstić information content (AvgIpc) is 3.06. The molecule has 0 aromatic carbocycles. The minimum absolute atomic E-state index is 0.0280. The Morgan fingerprint density at radius 1 is 1.48 bits per heavy atom. The number of aromatic amines is 1. The van der Waals surface area contributed by atoms with Gasteiger partial charge in [-0.25, -0.2) is 0 Å². The van der Waals surface area contributed by atoms with Crippen molar-refractivity contribution < 1.29 is 19.1 Å². The molecule has 3 N–H and O–H groups in total. The van der Waals surface area contributed by atoms with Crippen LogP contribution in [0.4, 0.5) is 0 Å². The number of carbonyl (C=O) groups excluding carboxylic acids is 1. The van der Waals surface area contributed by atoms with Crippen LogP contribution in [-0.2, 0) is 4.79 Å². The molecule has 0 radical (unpaired) electrons. The van der Waals surface area contributed by atoms with Gasteiger partial charge in [-0.1, -0.05) is 0 Å². The van der Waals surface area contributed by atoms with E-state index in [4.69, 9.17) is 9.52 Å². The molecule has 0 fully saturated rings. The summed E-state index contributed by atoms with van der Waals surface area (Å²) in [6.07, 6.45) is 0. The van der Waals surface area contributed by atoms with Crippen molar-refractivity contribution in [3.63, 3.8) is 0 Å². The van der Waals surface area contributed by atoms with Gasteiger partial charge in [-0.05, 0) is 19.1 Å². The maximum atomic E-state index is 11.8. The zero-order valence-corrected chi connectivity index (χ0v) is 12.2. The number of hydrogen-bond donors (Lipinski definition) is 3. The van der Waals surface area contributed by atoms with E-state index >= 15 is 0 Å². The van der Waals surface area contributed by atoms with Gasteiger partial charge in [0.15, 0.2) is 11.5 Å². The molecule has 21 heavy (non-hydrogen) atoms. The standard InChI is InChI=1S/C13H15N3O4S/c1-8-2-3-11(20-8)9-6-10(16-15-9)13(19)14-4-5-21-7-12(17)18/h2-3,6H,4-5,7H2,1H3,(H,14,19)(H,15,16)(H,17,18). The molecule has 0 saturated carbocycles. The first-order valence-electron chi connectivity index (χ1n) is 6.26. The Labute approximate surface area is 125 Å². The molecule has 2 aromatic heterocycles. The first kappa shape index (κ1) is 15.2. The Hall–Kier alpha value is -2.22. The van der Waals surface area contributed by atoms with Crippen LogP contribution >= 0.6 is 11.8 Å². The molecule has 0 bridgehead atoms. The molecule has 2 rings (SSSR count). The summed E-state index contributed by atoms with van der Waals surface area (Å²) in [5.74, 6) is 0.790. The van der Waals surface area contributed by atoms with Gasteiger partial charge < -0.3 is 14.8 Å². The van der Waals surface area contributed by atoms with Gasteiger partial charge in [0.1, 0.15) is 11.5 Å². The van der Waals surface area contributed by atoms with Gasteiger partial charge in [-0.3, -0.25) is 14.7 Å². The highest BCUT2D eigenvalue weighted by atomic mass is 32.2. The number of amides is 1. The van der Waals surface area contributed by atoms with Crippen LogP contribution in [0.15, 0.2) is 22.6 Å². The van der Waals surface area contributed by atoms with Gasteiger partial charge in [0.2, 0.25) is 0 Å². The van der Waals surface area contributed by atoms with Crippen molar-refractivity contribution >= 4 is 23.6 Å². The molecule has 0 aliphatic heterocycles. The molecule has 0 spiro atoms. The summed E-state index contributed by atoms with van der Waals surface area (Å²) >= 11 is 1.25. The van der Waals surface area contributed by atoms with E-state index in [9.17, 15) is 9.59 Å². The zero-order valence-electron chi connectivity index (χ0n) is 11.4. The van der Waals surface area contributed by atoms with E-state index in [0.717, 1.165) is 5.76 Å². The first-order chi connectivity index (χ1) is 10.1. The zero-order chi connectivity index (χ0) is 15.2. The van der Waals surface area contributed by atoms with Crippen LogP contribution in [0, 0.1) is 6.92 Å². The van der Waals surface area contributed by atoms with Crippen LogP contribution in [0.2, 0.25) is 0 Å². The average molecular weight is 309 g/mol. The second-order valence-corrected chi connectivity index (χ2v) is 5.38. The lowest BCUT2D eigenvalue weighted by atomic mass is 10.3. The number of carboxylic acid groups (broad SMARTS) is 1. The summed E-state index contributed by atoms with van der Waals surface area (Å²) in [6.45, 7) is 2.22. The molecule has 8 heteroatoms. The number of aliphatic carboxylic acids is 1. The van der Waals surface area contributed by atoms with Gasteiger partial charge in [0.05, 0.1) is 5.75 Å². The van der Waals surface area contributed by atoms with Crippen molar-refractivity contribution in [1.29, 1.82) is 0 Å². The normalized spacial score (nSPS) is 10.5. The monoisotopic (exact) mass is 309 g/mol. The largest absolute Gasteiger partial charge is 0.481 e. The molecule has 0 atom stereocenters. The molecule has 7 nitrogen and oxygen atoms in total. The third kappa shape index (κ3) is 4.38. The predicted octanol–water partition coefficient (Wildman–Crippen LogP) is 1.53. The third-order valence-electron chi connectivity index (χ3n) is 2.57. The van der Waals surface area contributed by atoms with E-state index in [1.807, 2.05) is 13.0 Å². The molecule has 112 valence electrons. The van der Waals surface area contributed by atoms with Crippen molar-refractivity contribution in [2.75, 3.05) is 18.1 Å². The molecule has 0 aliphatic rings. The molecule has 0 saturated heterocycles. The van der Waals surface area contributed by atoms with E-state index in [1.54, 1.807) is 12.1 Å². The Kier molecular flexibility index (Phi) is 5.04. The fourth-order valence-electron chi connectivity index (χ4n) is 1.63. The molecular weight excluding hydrogens is 294 g/mol. The van der Waals surface area contributed by atoms with Crippen molar-refractivity contribution in [1.82, 2.24) is 15.5 Å². The number of aromatic nitrogens is 2. The topological polar surface area (TPSA) is 108 Å². The Morgan fingerprint density at radius 3 is 2.95 bits per heavy atom. The minimum Gasteiger partial charge on any atom is -0.481 e. The number of thioether (sulfide) groups is 1. The summed E-state index contributed by atoms with van der Waals surface area (Å²) < 4.78 is 5.44. The molecule has 1 amide bonds. The maximum Gasteiger partial charge on any atom is 0.313 e. The van der Waals surface area contributed by atoms with E-state index in [0.29, 0.717) is 23.8 Å². The molecule has 0 unspecified atom stereocenters. The first-order valence-corrected chi connectivity index (χ1v) is 7.41. The van der Waals surface area contributed by atoms with Gasteiger partial charge >= 0.3 is 5.97 Å². The van der Waals surface area contributed by atoms with Crippen molar-refractivity contribution in [2.45, 2.75) is 6.92 Å². The van der Waals surface area contributed by atoms with Gasteiger partial charge in [-0.15, -0.1) is 11.8 Å². The fourth-order valence-corrected chi connectivity index (χ4v) is 2.20. The van der Waals surface area contributed by atoms with Crippen LogP contribution in [0.3, 0.4) is 0 Å². The second kappa shape index (κ2) is 6.98. The maximum absolute atomic E-state index is 11.8. The van der Waals surface area contributed by atoms with E-state index in [2.05, 4.69) is 15.5 Å². The molecule has 2 aromatic rings. The van der Waals surface area contributed by atoms with E-state index in [1.165, 1.54) is 11.8 Å². The van der Waals surface area contributed by atoms with Crippen LogP contribution in [0.1, 0.15) is 16.2 Å². The predicted molar refractivity (Wildman–Crippen MR) is 78.3 cm³/mol. The highest BCUT2D eigenvalue weighted by molar-refractivity contribution is 7.99. The highest BCUT2D eigenvalue weighted by Gasteiger charge is 2.12. The summed E-state index contributed by atoms with van der Waals surface area (Å²) in [4.78, 5) is 22.2. The Morgan fingerprint density at radius 2 is 2.29 bits per heavy atom. The number of rotatable bonds is 7. The number of aryl methyl sites for hydroxylation is 1. The minimum atomic E-state index is -0.864. The Balaban J connectivity index is 1.83. The smallest absolute Gasteiger partial charge is 0.313 e. The van der Waals surface area contributed by atoms with Crippen LogP contribution in [-0.4, -0.2) is 45.2 Å². The number of carbonyl (C=O) groups is 2. The van der Waals surface area contributed by atoms with Crippen molar-refractivity contribution in [2.24, 2.45) is 0 Å². The summed E-state index contributed by atoms with van der Waals surface area (Å²) in [6, 6.07) is 5.24. The Bertz CT molecular complexity index is 635. The lowest BCUT2D eigenvalue weighted by Gasteiger charge is -2.01. The number of H-pyrrole nitrogens is 1. The number of carboxylic acids is 1. The van der Waals surface area contributed by atoms with E-state index < -0.39 is 5.97 Å². The third-order valence-corrected chi connectivity index (χ3v) is 3.52. The number of nitrogens with zero attached hydrogens (tertiary/aromatic N) is 1. The number of furan rings is 1. The number of nitrogens with one attached hydrogen (secondary N) is 2.